The molecule has 1 saturated heterocycles. The highest BCUT2D eigenvalue weighted by Gasteiger charge is 2.16. The van der Waals surface area contributed by atoms with Crippen molar-refractivity contribution in [2.75, 3.05) is 38.3 Å². The van der Waals surface area contributed by atoms with E-state index >= 15 is 0 Å². The van der Waals surface area contributed by atoms with E-state index in [1.807, 2.05) is 0 Å². The third-order valence-electron chi connectivity index (χ3n) is 3.34. The van der Waals surface area contributed by atoms with Crippen molar-refractivity contribution in [3.63, 3.8) is 0 Å². The minimum Gasteiger partial charge on any atom is -0.387 e. The van der Waals surface area contributed by atoms with Gasteiger partial charge in [-0.1, -0.05) is 12.1 Å². The number of ether oxygens (including phenoxy) is 1. The van der Waals surface area contributed by atoms with E-state index in [1.165, 1.54) is 0 Å². The molecule has 7 nitrogen and oxygen atoms in total. The molecule has 0 spiro atoms. The van der Waals surface area contributed by atoms with Crippen LogP contribution in [0.2, 0.25) is 0 Å². The maximum Gasteiger partial charge on any atom is 0.237 e. The molecular weight excluding hydrogens is 282 g/mol. The quantitative estimate of drug-likeness (QED) is 0.617. The number of aliphatic hydroxyl groups is 1. The molecule has 1 aliphatic rings. The SMILES string of the molecule is N#CC(C#N)=NNc1ccc(C(O)CN2CCOCC2)cc1. The second-order valence-corrected chi connectivity index (χ2v) is 4.85. The summed E-state index contributed by atoms with van der Waals surface area (Å²) >= 11 is 0. The molecule has 0 radical (unpaired) electrons. The van der Waals surface area contributed by atoms with Gasteiger partial charge in [0.2, 0.25) is 5.71 Å². The van der Waals surface area contributed by atoms with Crippen molar-refractivity contribution in [2.24, 2.45) is 5.10 Å². The number of nitriles is 2. The molecule has 114 valence electrons. The van der Waals surface area contributed by atoms with Gasteiger partial charge in [-0.15, -0.1) is 0 Å². The Morgan fingerprint density at radius 2 is 1.91 bits per heavy atom. The van der Waals surface area contributed by atoms with Crippen LogP contribution in [0.15, 0.2) is 29.4 Å². The molecule has 1 atom stereocenters. The van der Waals surface area contributed by atoms with Gasteiger partial charge in [0.1, 0.15) is 12.1 Å². The predicted octanol–water partition coefficient (Wildman–Crippen LogP) is 0.867. The maximum atomic E-state index is 10.2. The largest absolute Gasteiger partial charge is 0.387 e. The van der Waals surface area contributed by atoms with Crippen molar-refractivity contribution >= 4 is 11.4 Å². The van der Waals surface area contributed by atoms with Gasteiger partial charge in [-0.05, 0) is 17.7 Å². The Bertz CT molecular complexity index is 578. The van der Waals surface area contributed by atoms with Crippen molar-refractivity contribution in [2.45, 2.75) is 6.10 Å². The van der Waals surface area contributed by atoms with Crippen molar-refractivity contribution < 1.29 is 9.84 Å². The number of hydrogen-bond acceptors (Lipinski definition) is 7. The van der Waals surface area contributed by atoms with Gasteiger partial charge in [0.05, 0.1) is 25.0 Å². The van der Waals surface area contributed by atoms with E-state index < -0.39 is 6.10 Å². The molecule has 1 aliphatic heterocycles. The van der Waals surface area contributed by atoms with Gasteiger partial charge >= 0.3 is 0 Å². The van der Waals surface area contributed by atoms with Crippen LogP contribution >= 0.6 is 0 Å². The molecule has 2 rings (SSSR count). The highest BCUT2D eigenvalue weighted by Crippen LogP contribution is 2.18. The van der Waals surface area contributed by atoms with Crippen LogP contribution in [0.25, 0.3) is 0 Å². The minimum absolute atomic E-state index is 0.239. The Morgan fingerprint density at radius 3 is 2.50 bits per heavy atom. The Hall–Kier alpha value is -2.45. The second kappa shape index (κ2) is 8.11. The smallest absolute Gasteiger partial charge is 0.237 e. The first-order valence-corrected chi connectivity index (χ1v) is 6.95. The van der Waals surface area contributed by atoms with E-state index in [2.05, 4.69) is 15.4 Å². The topological polar surface area (TPSA) is 105 Å². The number of morpholine rings is 1. The normalized spacial score (nSPS) is 16.1. The number of β-amino-alcohol motifs (C(OH)–C–C–N with tert-alkyl or cyclic N) is 1. The molecule has 22 heavy (non-hydrogen) atoms. The van der Waals surface area contributed by atoms with E-state index in [9.17, 15) is 5.11 Å². The highest BCUT2D eigenvalue weighted by atomic mass is 16.5. The van der Waals surface area contributed by atoms with Gasteiger partial charge in [-0.2, -0.15) is 15.6 Å². The fourth-order valence-corrected chi connectivity index (χ4v) is 2.11. The molecule has 1 aromatic rings. The summed E-state index contributed by atoms with van der Waals surface area (Å²) in [5, 5.41) is 31.1. The molecule has 0 amide bonds. The number of hydrazone groups is 1. The highest BCUT2D eigenvalue weighted by molar-refractivity contribution is 6.10. The number of anilines is 1. The molecule has 1 fully saturated rings. The van der Waals surface area contributed by atoms with Gasteiger partial charge < -0.3 is 9.84 Å². The Kier molecular flexibility index (Phi) is 5.87. The molecule has 0 bridgehead atoms. The monoisotopic (exact) mass is 299 g/mol. The summed E-state index contributed by atoms with van der Waals surface area (Å²) in [5.41, 5.74) is 3.84. The number of benzene rings is 1. The van der Waals surface area contributed by atoms with E-state index in [-0.39, 0.29) is 5.71 Å². The van der Waals surface area contributed by atoms with Crippen LogP contribution in [0.4, 0.5) is 5.69 Å². The number of hydrogen-bond donors (Lipinski definition) is 2. The molecular formula is C15H17N5O2. The van der Waals surface area contributed by atoms with Gasteiger partial charge in [0, 0.05) is 19.6 Å². The lowest BCUT2D eigenvalue weighted by atomic mass is 10.1. The van der Waals surface area contributed by atoms with Crippen molar-refractivity contribution in [3.05, 3.63) is 29.8 Å². The summed E-state index contributed by atoms with van der Waals surface area (Å²) in [5.74, 6) is 0. The number of rotatable bonds is 5. The fraction of sp³-hybridized carbons (Fsp3) is 0.400. The van der Waals surface area contributed by atoms with Crippen LogP contribution in [0.5, 0.6) is 0 Å². The number of aliphatic hydroxyl groups excluding tert-OH is 1. The standard InChI is InChI=1S/C15H17N5O2/c16-9-14(10-17)19-18-13-3-1-12(2-4-13)15(21)11-20-5-7-22-8-6-20/h1-4,15,18,21H,5-8,11H2. The third-order valence-corrected chi connectivity index (χ3v) is 3.34. The zero-order chi connectivity index (χ0) is 15.8. The average molecular weight is 299 g/mol. The summed E-state index contributed by atoms with van der Waals surface area (Å²) in [6, 6.07) is 10.4. The van der Waals surface area contributed by atoms with Gasteiger partial charge in [0.25, 0.3) is 0 Å². The zero-order valence-corrected chi connectivity index (χ0v) is 12.1. The van der Waals surface area contributed by atoms with Gasteiger partial charge in [-0.3, -0.25) is 10.3 Å². The van der Waals surface area contributed by atoms with E-state index in [0.29, 0.717) is 25.4 Å². The molecule has 0 aromatic heterocycles. The van der Waals surface area contributed by atoms with Crippen LogP contribution in [-0.4, -0.2) is 48.6 Å². The Labute approximate surface area is 129 Å². The first-order valence-electron chi connectivity index (χ1n) is 6.95. The van der Waals surface area contributed by atoms with Crippen molar-refractivity contribution in [1.82, 2.24) is 4.90 Å². The summed E-state index contributed by atoms with van der Waals surface area (Å²) in [6.45, 7) is 3.63. The molecule has 1 unspecified atom stereocenters. The molecule has 0 saturated carbocycles. The molecule has 2 N–H and O–H groups in total. The summed E-state index contributed by atoms with van der Waals surface area (Å²) in [7, 11) is 0. The Balaban J connectivity index is 1.92. The summed E-state index contributed by atoms with van der Waals surface area (Å²) in [4.78, 5) is 2.16. The lowest BCUT2D eigenvalue weighted by Gasteiger charge is -2.28. The summed E-state index contributed by atoms with van der Waals surface area (Å²) in [6.07, 6.45) is -0.565. The lowest BCUT2D eigenvalue weighted by Crippen LogP contribution is -2.38. The fourth-order valence-electron chi connectivity index (χ4n) is 2.11. The first kappa shape index (κ1) is 15.9. The van der Waals surface area contributed by atoms with Crippen molar-refractivity contribution in [1.29, 1.82) is 10.5 Å². The minimum atomic E-state index is -0.565. The second-order valence-electron chi connectivity index (χ2n) is 4.85. The Morgan fingerprint density at radius 1 is 1.27 bits per heavy atom. The molecule has 1 aromatic carbocycles. The first-order chi connectivity index (χ1) is 10.7. The molecule has 1 heterocycles. The number of nitrogens with one attached hydrogen (secondary N) is 1. The zero-order valence-electron chi connectivity index (χ0n) is 12.1. The van der Waals surface area contributed by atoms with Gasteiger partial charge in [-0.25, -0.2) is 0 Å². The van der Waals surface area contributed by atoms with E-state index in [1.54, 1.807) is 36.4 Å². The van der Waals surface area contributed by atoms with E-state index in [4.69, 9.17) is 15.3 Å². The lowest BCUT2D eigenvalue weighted by molar-refractivity contribution is 0.0143. The average Bonchev–Trinajstić information content (AvgIpc) is 2.57. The van der Waals surface area contributed by atoms with Crippen molar-refractivity contribution in [3.8, 4) is 12.1 Å². The van der Waals surface area contributed by atoms with Crippen LogP contribution in [0.3, 0.4) is 0 Å². The van der Waals surface area contributed by atoms with Crippen LogP contribution in [0.1, 0.15) is 11.7 Å². The summed E-state index contributed by atoms with van der Waals surface area (Å²) < 4.78 is 5.28. The van der Waals surface area contributed by atoms with Gasteiger partial charge in [0.15, 0.2) is 0 Å². The predicted molar refractivity (Wildman–Crippen MR) is 80.9 cm³/mol. The molecule has 7 heteroatoms. The maximum absolute atomic E-state index is 10.2. The third kappa shape index (κ3) is 4.54. The van der Waals surface area contributed by atoms with E-state index in [0.717, 1.165) is 18.7 Å². The van der Waals surface area contributed by atoms with Crippen LogP contribution in [0, 0.1) is 22.7 Å². The van der Waals surface area contributed by atoms with Crippen LogP contribution in [-0.2, 0) is 4.74 Å². The number of nitrogens with zero attached hydrogens (tertiary/aromatic N) is 4. The molecule has 0 aliphatic carbocycles. The van der Waals surface area contributed by atoms with Crippen LogP contribution < -0.4 is 5.43 Å².